The predicted octanol–water partition coefficient (Wildman–Crippen LogP) is 6.40. The van der Waals surface area contributed by atoms with Crippen LogP contribution in [0.1, 0.15) is 58.1 Å². The number of rotatable bonds is 6. The first-order chi connectivity index (χ1) is 12.1. The van der Waals surface area contributed by atoms with Gasteiger partial charge in [0, 0.05) is 17.8 Å². The predicted molar refractivity (Wildman–Crippen MR) is 108 cm³/mol. The van der Waals surface area contributed by atoms with Crippen LogP contribution in [0.4, 0.5) is 0 Å². The molecule has 2 heterocycles. The Morgan fingerprint density at radius 1 is 1.16 bits per heavy atom. The molecule has 3 atom stereocenters. The average molecular weight is 357 g/mol. The van der Waals surface area contributed by atoms with Gasteiger partial charge in [-0.1, -0.05) is 63.4 Å². The fourth-order valence-corrected chi connectivity index (χ4v) is 3.59. The summed E-state index contributed by atoms with van der Waals surface area (Å²) in [7, 11) is 0. The topological polar surface area (TPSA) is 15.6 Å². The van der Waals surface area contributed by atoms with Crippen LogP contribution in [-0.2, 0) is 0 Å². The molecule has 3 unspecified atom stereocenters. The van der Waals surface area contributed by atoms with Crippen LogP contribution >= 0.6 is 11.6 Å². The van der Waals surface area contributed by atoms with Gasteiger partial charge in [0.15, 0.2) is 0 Å². The third-order valence-corrected chi connectivity index (χ3v) is 5.82. The van der Waals surface area contributed by atoms with Crippen molar-refractivity contribution in [1.82, 2.24) is 4.90 Å². The summed E-state index contributed by atoms with van der Waals surface area (Å²) in [5.41, 5.74) is 2.69. The molecule has 0 saturated heterocycles. The molecule has 2 aliphatic heterocycles. The van der Waals surface area contributed by atoms with E-state index in [0.29, 0.717) is 5.92 Å². The van der Waals surface area contributed by atoms with E-state index in [1.807, 2.05) is 12.1 Å². The largest absolute Gasteiger partial charge is 0.333 e. The summed E-state index contributed by atoms with van der Waals surface area (Å²) in [6.45, 7) is 8.01. The maximum atomic E-state index is 6.00. The number of hydrogen-bond donors (Lipinski definition) is 0. The first kappa shape index (κ1) is 18.3. The second kappa shape index (κ2) is 8.23. The van der Waals surface area contributed by atoms with Crippen LogP contribution in [0, 0.1) is 11.8 Å². The minimum atomic E-state index is 0.242. The van der Waals surface area contributed by atoms with Gasteiger partial charge in [0.1, 0.15) is 5.84 Å². The Kier molecular flexibility index (Phi) is 6.01. The van der Waals surface area contributed by atoms with E-state index in [1.54, 1.807) is 0 Å². The molecule has 2 aliphatic rings. The molecule has 3 heteroatoms. The van der Waals surface area contributed by atoms with Crippen LogP contribution in [0.15, 0.2) is 53.2 Å². The van der Waals surface area contributed by atoms with Crippen molar-refractivity contribution in [2.45, 2.75) is 52.5 Å². The van der Waals surface area contributed by atoms with E-state index in [2.05, 4.69) is 56.2 Å². The van der Waals surface area contributed by atoms with Gasteiger partial charge in [-0.25, -0.2) is 0 Å². The zero-order valence-corrected chi connectivity index (χ0v) is 16.3. The molecule has 0 amide bonds. The lowest BCUT2D eigenvalue weighted by atomic mass is 9.90. The van der Waals surface area contributed by atoms with Gasteiger partial charge in [0.05, 0.1) is 6.04 Å². The summed E-state index contributed by atoms with van der Waals surface area (Å²) < 4.78 is 0. The number of allylic oxidation sites excluding steroid dienone is 2. The molecule has 0 radical (unpaired) electrons. The monoisotopic (exact) mass is 356 g/mol. The molecular weight excluding hydrogens is 328 g/mol. The molecule has 1 aromatic carbocycles. The summed E-state index contributed by atoms with van der Waals surface area (Å²) in [5, 5.41) is 0.783. The van der Waals surface area contributed by atoms with Gasteiger partial charge in [-0.2, -0.15) is 0 Å². The lowest BCUT2D eigenvalue weighted by Crippen LogP contribution is -2.33. The zero-order chi connectivity index (χ0) is 17.8. The van der Waals surface area contributed by atoms with Crippen LogP contribution in [-0.4, -0.2) is 17.3 Å². The molecule has 25 heavy (non-hydrogen) atoms. The Morgan fingerprint density at radius 3 is 2.64 bits per heavy atom. The Hall–Kier alpha value is -1.54. The van der Waals surface area contributed by atoms with Gasteiger partial charge in [-0.15, -0.1) is 0 Å². The van der Waals surface area contributed by atoms with Crippen molar-refractivity contribution < 1.29 is 0 Å². The van der Waals surface area contributed by atoms with Gasteiger partial charge in [-0.05, 0) is 54.0 Å². The zero-order valence-electron chi connectivity index (χ0n) is 15.6. The highest BCUT2D eigenvalue weighted by atomic mass is 35.5. The fourth-order valence-electron chi connectivity index (χ4n) is 3.46. The number of halogens is 1. The summed E-state index contributed by atoms with van der Waals surface area (Å²) in [6.07, 6.45) is 11.7. The first-order valence-corrected chi connectivity index (χ1v) is 9.94. The minimum Gasteiger partial charge on any atom is -0.333 e. The van der Waals surface area contributed by atoms with Crippen molar-refractivity contribution in [2.75, 3.05) is 6.54 Å². The van der Waals surface area contributed by atoms with Crippen LogP contribution in [0.5, 0.6) is 0 Å². The highest BCUT2D eigenvalue weighted by molar-refractivity contribution is 6.30. The molecule has 3 rings (SSSR count). The van der Waals surface area contributed by atoms with Gasteiger partial charge in [-0.3, -0.25) is 4.99 Å². The van der Waals surface area contributed by atoms with Gasteiger partial charge >= 0.3 is 0 Å². The molecular formula is C22H29ClN2. The van der Waals surface area contributed by atoms with E-state index in [0.717, 1.165) is 29.7 Å². The standard InChI is InChI=1S/C22H29ClN2/c1-4-16(2)5-6-17(3)19-9-12-22-24-21(13-14-25(22)15-19)18-7-10-20(23)11-8-18/h7-12,15-17,21H,4-6,13-14H2,1-3H3. The summed E-state index contributed by atoms with van der Waals surface area (Å²) in [4.78, 5) is 7.27. The van der Waals surface area contributed by atoms with E-state index in [1.165, 1.54) is 30.4 Å². The SMILES string of the molecule is CCC(C)CCC(C)C1=CN2CCC(c3ccc(Cl)cc3)N=C2C=C1. The third kappa shape index (κ3) is 4.55. The number of benzene rings is 1. The average Bonchev–Trinajstić information content (AvgIpc) is 2.65. The lowest BCUT2D eigenvalue weighted by molar-refractivity contribution is 0.432. The second-order valence-corrected chi connectivity index (χ2v) is 7.93. The number of aliphatic imine (C=N–C) groups is 1. The normalized spacial score (nSPS) is 22.1. The molecule has 0 N–H and O–H groups in total. The quantitative estimate of drug-likeness (QED) is 0.575. The first-order valence-electron chi connectivity index (χ1n) is 9.56. The van der Waals surface area contributed by atoms with E-state index >= 15 is 0 Å². The molecule has 0 aromatic heterocycles. The molecule has 0 spiro atoms. The van der Waals surface area contributed by atoms with Crippen LogP contribution in [0.3, 0.4) is 0 Å². The molecule has 134 valence electrons. The lowest BCUT2D eigenvalue weighted by Gasteiger charge is -2.33. The maximum absolute atomic E-state index is 6.00. The summed E-state index contributed by atoms with van der Waals surface area (Å²) >= 11 is 6.00. The van der Waals surface area contributed by atoms with Crippen LogP contribution < -0.4 is 0 Å². The number of hydrogen-bond acceptors (Lipinski definition) is 2. The Labute approximate surface area is 157 Å². The Bertz CT molecular complexity index is 672. The highest BCUT2D eigenvalue weighted by Crippen LogP contribution is 2.31. The molecule has 0 bridgehead atoms. The molecule has 0 fully saturated rings. The van der Waals surface area contributed by atoms with Crippen molar-refractivity contribution in [2.24, 2.45) is 16.8 Å². The third-order valence-electron chi connectivity index (χ3n) is 5.57. The van der Waals surface area contributed by atoms with Crippen LogP contribution in [0.25, 0.3) is 0 Å². The van der Waals surface area contributed by atoms with Crippen molar-refractivity contribution >= 4 is 17.4 Å². The highest BCUT2D eigenvalue weighted by Gasteiger charge is 2.23. The second-order valence-electron chi connectivity index (χ2n) is 7.49. The summed E-state index contributed by atoms with van der Waals surface area (Å²) in [6, 6.07) is 8.34. The number of fused-ring (bicyclic) bond motifs is 1. The maximum Gasteiger partial charge on any atom is 0.128 e. The van der Waals surface area contributed by atoms with Gasteiger partial charge in [0.25, 0.3) is 0 Å². The van der Waals surface area contributed by atoms with E-state index < -0.39 is 0 Å². The van der Waals surface area contributed by atoms with Crippen molar-refractivity contribution in [3.8, 4) is 0 Å². The van der Waals surface area contributed by atoms with E-state index in [9.17, 15) is 0 Å². The number of nitrogens with zero attached hydrogens (tertiary/aromatic N) is 2. The molecule has 1 aromatic rings. The minimum absolute atomic E-state index is 0.242. The Morgan fingerprint density at radius 2 is 1.92 bits per heavy atom. The van der Waals surface area contributed by atoms with E-state index in [4.69, 9.17) is 16.6 Å². The van der Waals surface area contributed by atoms with Gasteiger partial charge < -0.3 is 4.90 Å². The van der Waals surface area contributed by atoms with E-state index in [-0.39, 0.29) is 6.04 Å². The van der Waals surface area contributed by atoms with Crippen molar-refractivity contribution in [3.63, 3.8) is 0 Å². The fraction of sp³-hybridized carbons (Fsp3) is 0.500. The Balaban J connectivity index is 1.66. The summed E-state index contributed by atoms with van der Waals surface area (Å²) in [5.74, 6) is 2.52. The molecule has 2 nitrogen and oxygen atoms in total. The molecule has 0 aliphatic carbocycles. The smallest absolute Gasteiger partial charge is 0.128 e. The number of amidine groups is 1. The van der Waals surface area contributed by atoms with Crippen LogP contribution in [0.2, 0.25) is 5.02 Å². The molecule has 0 saturated carbocycles. The van der Waals surface area contributed by atoms with Crippen molar-refractivity contribution in [3.05, 3.63) is 58.8 Å². The van der Waals surface area contributed by atoms with Gasteiger partial charge in [0.2, 0.25) is 0 Å². The van der Waals surface area contributed by atoms with Crippen molar-refractivity contribution in [1.29, 1.82) is 0 Å².